The molecule has 6 nitrogen and oxygen atoms in total. The van der Waals surface area contributed by atoms with Gasteiger partial charge in [0.1, 0.15) is 0 Å². The van der Waals surface area contributed by atoms with Gasteiger partial charge in [-0.1, -0.05) is 0 Å². The standard InChI is InChI=1S/C19H29N5O/c1-14(24-11-15(2)25-16(3)12-24)9-21-10-18-13-23(4)22-19(18)17-5-7-20-8-6-17/h5-8,13-16,21H,9-12H2,1-4H3/t14-,15-,16-/m1/s1. The third-order valence-corrected chi connectivity index (χ3v) is 4.68. The molecule has 2 aromatic heterocycles. The van der Waals surface area contributed by atoms with Crippen molar-refractivity contribution in [2.24, 2.45) is 7.05 Å². The molecule has 6 heteroatoms. The van der Waals surface area contributed by atoms with Gasteiger partial charge in [-0.05, 0) is 32.9 Å². The summed E-state index contributed by atoms with van der Waals surface area (Å²) in [5, 5.41) is 8.21. The van der Waals surface area contributed by atoms with Gasteiger partial charge in [0.25, 0.3) is 0 Å². The van der Waals surface area contributed by atoms with Crippen molar-refractivity contribution in [1.29, 1.82) is 0 Å². The molecule has 1 N–H and O–H groups in total. The smallest absolute Gasteiger partial charge is 0.0969 e. The molecule has 0 saturated carbocycles. The Hall–Kier alpha value is -1.76. The molecule has 1 saturated heterocycles. The first-order chi connectivity index (χ1) is 12.0. The highest BCUT2D eigenvalue weighted by molar-refractivity contribution is 5.61. The predicted molar refractivity (Wildman–Crippen MR) is 99.2 cm³/mol. The Morgan fingerprint density at radius 3 is 2.60 bits per heavy atom. The van der Waals surface area contributed by atoms with E-state index in [1.54, 1.807) is 0 Å². The van der Waals surface area contributed by atoms with Crippen LogP contribution in [0.25, 0.3) is 11.3 Å². The first kappa shape index (κ1) is 18.0. The summed E-state index contributed by atoms with van der Waals surface area (Å²) < 4.78 is 7.71. The Balaban J connectivity index is 1.57. The van der Waals surface area contributed by atoms with Crippen LogP contribution in [0, 0.1) is 0 Å². The van der Waals surface area contributed by atoms with Crippen molar-refractivity contribution in [2.45, 2.75) is 45.6 Å². The molecule has 0 radical (unpaired) electrons. The van der Waals surface area contributed by atoms with Crippen LogP contribution < -0.4 is 5.32 Å². The van der Waals surface area contributed by atoms with E-state index in [-0.39, 0.29) is 0 Å². The van der Waals surface area contributed by atoms with E-state index in [4.69, 9.17) is 4.74 Å². The molecule has 0 spiro atoms. The lowest BCUT2D eigenvalue weighted by molar-refractivity contribution is -0.0781. The molecule has 25 heavy (non-hydrogen) atoms. The summed E-state index contributed by atoms with van der Waals surface area (Å²) in [6.45, 7) is 10.4. The van der Waals surface area contributed by atoms with Gasteiger partial charge in [-0.3, -0.25) is 14.6 Å². The first-order valence-electron chi connectivity index (χ1n) is 9.06. The Labute approximate surface area is 150 Å². The van der Waals surface area contributed by atoms with Gasteiger partial charge in [-0.2, -0.15) is 5.10 Å². The summed E-state index contributed by atoms with van der Waals surface area (Å²) in [6.07, 6.45) is 6.33. The normalized spacial score (nSPS) is 22.9. The minimum absolute atomic E-state index is 0.308. The predicted octanol–water partition coefficient (Wildman–Crippen LogP) is 2.07. The zero-order valence-electron chi connectivity index (χ0n) is 15.6. The van der Waals surface area contributed by atoms with E-state index in [0.29, 0.717) is 18.2 Å². The van der Waals surface area contributed by atoms with Crippen LogP contribution in [-0.2, 0) is 18.3 Å². The van der Waals surface area contributed by atoms with Crippen molar-refractivity contribution >= 4 is 0 Å². The summed E-state index contributed by atoms with van der Waals surface area (Å²) in [7, 11) is 1.97. The lowest BCUT2D eigenvalue weighted by Gasteiger charge is -2.39. The zero-order chi connectivity index (χ0) is 17.8. The van der Waals surface area contributed by atoms with E-state index in [1.807, 2.05) is 36.3 Å². The number of aryl methyl sites for hydroxylation is 1. The number of rotatable bonds is 6. The molecule has 1 aliphatic rings. The van der Waals surface area contributed by atoms with E-state index in [2.05, 4.69) is 47.3 Å². The average molecular weight is 343 g/mol. The quantitative estimate of drug-likeness (QED) is 0.870. The summed E-state index contributed by atoms with van der Waals surface area (Å²) in [5.41, 5.74) is 3.35. The maximum Gasteiger partial charge on any atom is 0.0969 e. The number of morpholine rings is 1. The molecule has 3 atom stereocenters. The summed E-state index contributed by atoms with van der Waals surface area (Å²) in [4.78, 5) is 6.60. The van der Waals surface area contributed by atoms with Crippen LogP contribution in [-0.4, -0.2) is 57.5 Å². The maximum atomic E-state index is 5.83. The molecule has 1 fully saturated rings. The Kier molecular flexibility index (Phi) is 5.83. The molecule has 3 heterocycles. The number of pyridine rings is 1. The van der Waals surface area contributed by atoms with Crippen LogP contribution in [0.15, 0.2) is 30.7 Å². The van der Waals surface area contributed by atoms with Crippen LogP contribution in [0.4, 0.5) is 0 Å². The van der Waals surface area contributed by atoms with E-state index in [1.165, 1.54) is 5.56 Å². The van der Waals surface area contributed by atoms with Gasteiger partial charge >= 0.3 is 0 Å². The van der Waals surface area contributed by atoms with Gasteiger partial charge in [0.15, 0.2) is 0 Å². The van der Waals surface area contributed by atoms with E-state index in [9.17, 15) is 0 Å². The molecular formula is C19H29N5O. The van der Waals surface area contributed by atoms with Crippen molar-refractivity contribution in [3.05, 3.63) is 36.3 Å². The van der Waals surface area contributed by atoms with E-state index >= 15 is 0 Å². The van der Waals surface area contributed by atoms with Crippen LogP contribution in [0.3, 0.4) is 0 Å². The van der Waals surface area contributed by atoms with E-state index in [0.717, 1.165) is 37.4 Å². The first-order valence-corrected chi connectivity index (χ1v) is 9.06. The summed E-state index contributed by atoms with van der Waals surface area (Å²) in [6, 6.07) is 4.49. The van der Waals surface area contributed by atoms with Crippen molar-refractivity contribution in [3.63, 3.8) is 0 Å². The topological polar surface area (TPSA) is 55.2 Å². The zero-order valence-corrected chi connectivity index (χ0v) is 15.6. The van der Waals surface area contributed by atoms with Crippen LogP contribution in [0.5, 0.6) is 0 Å². The Bertz CT molecular complexity index is 662. The lowest BCUT2D eigenvalue weighted by atomic mass is 10.1. The van der Waals surface area contributed by atoms with Crippen molar-refractivity contribution in [3.8, 4) is 11.3 Å². The average Bonchev–Trinajstić information content (AvgIpc) is 2.95. The van der Waals surface area contributed by atoms with Gasteiger partial charge in [-0.15, -0.1) is 0 Å². The second kappa shape index (κ2) is 8.08. The highest BCUT2D eigenvalue weighted by Crippen LogP contribution is 2.21. The second-order valence-corrected chi connectivity index (χ2v) is 7.10. The fraction of sp³-hybridized carbons (Fsp3) is 0.579. The number of ether oxygens (including phenoxy) is 1. The molecule has 0 amide bonds. The second-order valence-electron chi connectivity index (χ2n) is 7.10. The van der Waals surface area contributed by atoms with Gasteiger partial charge in [0.05, 0.1) is 17.9 Å². The fourth-order valence-corrected chi connectivity index (χ4v) is 3.54. The molecule has 0 aliphatic carbocycles. The fourth-order valence-electron chi connectivity index (χ4n) is 3.54. The Morgan fingerprint density at radius 1 is 1.24 bits per heavy atom. The number of hydrogen-bond donors (Lipinski definition) is 1. The highest BCUT2D eigenvalue weighted by Gasteiger charge is 2.25. The van der Waals surface area contributed by atoms with Gasteiger partial charge in [-0.25, -0.2) is 0 Å². The largest absolute Gasteiger partial charge is 0.373 e. The van der Waals surface area contributed by atoms with Crippen LogP contribution in [0.1, 0.15) is 26.3 Å². The lowest BCUT2D eigenvalue weighted by Crippen LogP contribution is -2.51. The maximum absolute atomic E-state index is 5.83. The van der Waals surface area contributed by atoms with Crippen molar-refractivity contribution in [1.82, 2.24) is 25.0 Å². The summed E-state index contributed by atoms with van der Waals surface area (Å²) >= 11 is 0. The molecular weight excluding hydrogens is 314 g/mol. The van der Waals surface area contributed by atoms with Crippen LogP contribution >= 0.6 is 0 Å². The molecule has 0 unspecified atom stereocenters. The number of nitrogens with zero attached hydrogens (tertiary/aromatic N) is 4. The molecule has 2 aromatic rings. The van der Waals surface area contributed by atoms with Crippen LogP contribution in [0.2, 0.25) is 0 Å². The van der Waals surface area contributed by atoms with Gasteiger partial charge < -0.3 is 10.1 Å². The highest BCUT2D eigenvalue weighted by atomic mass is 16.5. The Morgan fingerprint density at radius 2 is 1.92 bits per heavy atom. The number of hydrogen-bond acceptors (Lipinski definition) is 5. The SMILES string of the molecule is C[C@@H]1CN([C@H](C)CNCc2cn(C)nc2-c2ccncc2)C[C@@H](C)O1. The molecule has 1 aliphatic heterocycles. The van der Waals surface area contributed by atoms with Crippen molar-refractivity contribution in [2.75, 3.05) is 19.6 Å². The van der Waals surface area contributed by atoms with Gasteiger partial charge in [0.2, 0.25) is 0 Å². The summed E-state index contributed by atoms with van der Waals surface area (Å²) in [5.74, 6) is 0. The minimum atomic E-state index is 0.308. The van der Waals surface area contributed by atoms with E-state index < -0.39 is 0 Å². The van der Waals surface area contributed by atoms with Crippen molar-refractivity contribution < 1.29 is 4.74 Å². The third kappa shape index (κ3) is 4.66. The molecule has 0 bridgehead atoms. The molecule has 0 aromatic carbocycles. The minimum Gasteiger partial charge on any atom is -0.373 e. The number of nitrogens with one attached hydrogen (secondary N) is 1. The monoisotopic (exact) mass is 343 g/mol. The molecule has 3 rings (SSSR count). The number of aromatic nitrogens is 3. The molecule has 136 valence electrons. The van der Waals surface area contributed by atoms with Gasteiger partial charge in [0, 0.05) is 69.0 Å². The third-order valence-electron chi connectivity index (χ3n) is 4.68.